The molecule has 0 bridgehead atoms. The minimum Gasteiger partial charge on any atom is -0.507 e. The van der Waals surface area contributed by atoms with Gasteiger partial charge in [-0.05, 0) is 112 Å². The van der Waals surface area contributed by atoms with Gasteiger partial charge >= 0.3 is 5.97 Å². The van der Waals surface area contributed by atoms with Crippen molar-refractivity contribution in [3.8, 4) is 47.2 Å². The highest BCUT2D eigenvalue weighted by molar-refractivity contribution is 14.1. The van der Waals surface area contributed by atoms with E-state index in [1.807, 2.05) is 92.7 Å². The normalized spacial score (nSPS) is 10.4. The van der Waals surface area contributed by atoms with Crippen LogP contribution in [0.5, 0.6) is 23.0 Å². The lowest BCUT2D eigenvalue weighted by atomic mass is 10.1. The van der Waals surface area contributed by atoms with Gasteiger partial charge in [0, 0.05) is 19.3 Å². The van der Waals surface area contributed by atoms with Gasteiger partial charge in [0.25, 0.3) is 0 Å². The lowest BCUT2D eigenvalue weighted by molar-refractivity contribution is -0.137. The van der Waals surface area contributed by atoms with Crippen molar-refractivity contribution in [3.63, 3.8) is 0 Å². The van der Waals surface area contributed by atoms with Gasteiger partial charge in [0.2, 0.25) is 0 Å². The number of hydrogen-bond acceptors (Lipinski definition) is 9. The fourth-order valence-electron chi connectivity index (χ4n) is 4.05. The van der Waals surface area contributed by atoms with Crippen molar-refractivity contribution < 1.29 is 44.2 Å². The molecule has 4 aromatic rings. The number of benzene rings is 4. The van der Waals surface area contributed by atoms with Crippen LogP contribution >= 0.6 is 45.2 Å². The standard InChI is InChI=1S/C12H18O2.C12H14O2.C8H9IO2.C6H5IO.C4H6O2.C4H6/c2*1-2-3-6-11-7-4-5-8-12(11)14-10-9-13;9-7-3-1-2-4-8(7)11-6-5-10;7-5-3-1-2-4-6(5)8;5-4-2-1-3-6-4;1-3-4-2/h4-5,7-8,13H,2-3,6,9-10H2,1H3;4-5,7-8,13H,2,9-10H2,1H3;1-4,10H,5-6H2;1-4,8H;1-3H2;1H,4H2,2H3. The molecule has 0 aliphatic carbocycles. The number of phenolic OH excluding ortho intramolecular Hbond substituents is 1. The third kappa shape index (κ3) is 28.1. The summed E-state index contributed by atoms with van der Waals surface area (Å²) in [7, 11) is 0. The molecule has 0 spiro atoms. The number of hydrogen-bond donors (Lipinski definition) is 4. The van der Waals surface area contributed by atoms with Gasteiger partial charge in [0.1, 0.15) is 42.8 Å². The molecular weight excluding hydrogens is 950 g/mol. The van der Waals surface area contributed by atoms with Gasteiger partial charge in [0.05, 0.1) is 39.1 Å². The Hall–Kier alpha value is -3.99. The largest absolute Gasteiger partial charge is 0.507 e. The van der Waals surface area contributed by atoms with Crippen molar-refractivity contribution in [3.05, 3.63) is 115 Å². The molecule has 11 heteroatoms. The predicted molar refractivity (Wildman–Crippen MR) is 246 cm³/mol. The number of para-hydroxylation sites is 4. The van der Waals surface area contributed by atoms with E-state index in [4.69, 9.17) is 41.1 Å². The van der Waals surface area contributed by atoms with E-state index in [0.29, 0.717) is 38.6 Å². The Balaban J connectivity index is 0.000000688. The highest BCUT2D eigenvalue weighted by atomic mass is 127. The summed E-state index contributed by atoms with van der Waals surface area (Å²) in [4.78, 5) is 10.0. The molecule has 0 radical (unpaired) electrons. The fraction of sp³-hybridized carbons (Fsp3) is 0.370. The number of aromatic hydroxyl groups is 1. The summed E-state index contributed by atoms with van der Waals surface area (Å²) in [5, 5.41) is 34.7. The van der Waals surface area contributed by atoms with Crippen LogP contribution < -0.4 is 14.2 Å². The molecule has 1 fully saturated rings. The van der Waals surface area contributed by atoms with Gasteiger partial charge in [-0.2, -0.15) is 0 Å². The maximum atomic E-state index is 10.0. The number of aliphatic hydroxyl groups is 3. The Morgan fingerprint density at radius 3 is 1.67 bits per heavy atom. The zero-order valence-electron chi connectivity index (χ0n) is 33.3. The van der Waals surface area contributed by atoms with Crippen molar-refractivity contribution in [1.82, 2.24) is 0 Å². The number of phenols is 1. The lowest BCUT2D eigenvalue weighted by Crippen LogP contribution is -2.03. The fourth-order valence-corrected chi connectivity index (χ4v) is 4.98. The van der Waals surface area contributed by atoms with Crippen LogP contribution in [0.3, 0.4) is 0 Å². The second-order valence-electron chi connectivity index (χ2n) is 11.3. The van der Waals surface area contributed by atoms with E-state index in [-0.39, 0.29) is 25.8 Å². The zero-order chi connectivity index (χ0) is 42.4. The van der Waals surface area contributed by atoms with E-state index in [1.165, 1.54) is 18.4 Å². The monoisotopic (exact) mass is 1010 g/mol. The number of aliphatic hydroxyl groups excluding tert-OH is 3. The van der Waals surface area contributed by atoms with Crippen molar-refractivity contribution in [2.24, 2.45) is 0 Å². The molecule has 1 saturated heterocycles. The van der Waals surface area contributed by atoms with Crippen LogP contribution in [-0.2, 0) is 16.0 Å². The van der Waals surface area contributed by atoms with E-state index < -0.39 is 0 Å². The van der Waals surface area contributed by atoms with Crippen molar-refractivity contribution in [2.45, 2.75) is 65.7 Å². The number of cyclic esters (lactones) is 1. The summed E-state index contributed by atoms with van der Waals surface area (Å²) in [5.74, 6) is 11.2. The highest BCUT2D eigenvalue weighted by Gasteiger charge is 2.08. The Kier molecular flexibility index (Phi) is 34.9. The first-order valence-electron chi connectivity index (χ1n) is 18.9. The second kappa shape index (κ2) is 37.6. The summed E-state index contributed by atoms with van der Waals surface area (Å²) in [6.45, 7) is 7.97. The van der Waals surface area contributed by atoms with Crippen molar-refractivity contribution >= 4 is 51.2 Å². The first-order chi connectivity index (χ1) is 27.7. The number of aryl methyl sites for hydroxylation is 1. The van der Waals surface area contributed by atoms with Crippen LogP contribution in [0.25, 0.3) is 0 Å². The SMILES string of the molecule is C#CCC.CCC#Cc1ccccc1OCCO.CCCCc1ccccc1OCCO.O=C1CCCO1.OCCOc1ccccc1I.Oc1ccccc1I. The average molecular weight is 1010 g/mol. The molecule has 1 aliphatic rings. The Morgan fingerprint density at radius 1 is 0.702 bits per heavy atom. The van der Waals surface area contributed by atoms with E-state index in [0.717, 1.165) is 55.6 Å². The minimum absolute atomic E-state index is 0.0234. The topological polar surface area (TPSA) is 135 Å². The zero-order valence-corrected chi connectivity index (χ0v) is 37.6. The number of esters is 1. The van der Waals surface area contributed by atoms with Gasteiger partial charge in [-0.1, -0.05) is 93.6 Å². The van der Waals surface area contributed by atoms with E-state index in [9.17, 15) is 4.79 Å². The second-order valence-corrected chi connectivity index (χ2v) is 13.7. The summed E-state index contributed by atoms with van der Waals surface area (Å²) in [6.07, 6.45) is 11.4. The molecule has 5 rings (SSSR count). The van der Waals surface area contributed by atoms with Crippen LogP contribution in [0.2, 0.25) is 0 Å². The number of unbranched alkanes of at least 4 members (excludes halogenated alkanes) is 1. The van der Waals surface area contributed by atoms with E-state index >= 15 is 0 Å². The molecular formula is C46H58I2O9. The molecule has 0 saturated carbocycles. The maximum Gasteiger partial charge on any atom is 0.305 e. The summed E-state index contributed by atoms with van der Waals surface area (Å²) >= 11 is 4.27. The van der Waals surface area contributed by atoms with Gasteiger partial charge in [-0.3, -0.25) is 4.79 Å². The first-order valence-corrected chi connectivity index (χ1v) is 21.0. The number of ether oxygens (including phenoxy) is 4. The average Bonchev–Trinajstić information content (AvgIpc) is 3.73. The van der Waals surface area contributed by atoms with Crippen LogP contribution in [0.1, 0.15) is 70.4 Å². The Morgan fingerprint density at radius 2 is 1.21 bits per heavy atom. The first kappa shape index (κ1) is 53.0. The number of carbonyl (C=O) groups is 1. The third-order valence-electron chi connectivity index (χ3n) is 6.79. The Bertz CT molecular complexity index is 1660. The molecule has 0 amide bonds. The quantitative estimate of drug-likeness (QED) is 0.0623. The number of halogens is 2. The molecule has 310 valence electrons. The third-order valence-corrected chi connectivity index (χ3v) is 8.59. The Labute approximate surface area is 367 Å². The summed E-state index contributed by atoms with van der Waals surface area (Å²) in [5.41, 5.74) is 2.12. The van der Waals surface area contributed by atoms with Crippen LogP contribution in [0, 0.1) is 31.3 Å². The van der Waals surface area contributed by atoms with E-state index in [2.05, 4.69) is 80.7 Å². The smallest absolute Gasteiger partial charge is 0.305 e. The van der Waals surface area contributed by atoms with Gasteiger partial charge in [-0.15, -0.1) is 12.3 Å². The molecule has 0 atom stereocenters. The molecule has 0 aromatic heterocycles. The van der Waals surface area contributed by atoms with Crippen LogP contribution in [0.15, 0.2) is 97.1 Å². The van der Waals surface area contributed by atoms with E-state index in [1.54, 1.807) is 12.1 Å². The summed E-state index contributed by atoms with van der Waals surface area (Å²) < 4.78 is 22.5. The number of rotatable bonds is 12. The highest BCUT2D eigenvalue weighted by Crippen LogP contribution is 2.21. The van der Waals surface area contributed by atoms with Crippen LogP contribution in [-0.4, -0.2) is 72.6 Å². The maximum absolute atomic E-state index is 10.0. The summed E-state index contributed by atoms with van der Waals surface area (Å²) in [6, 6.07) is 30.5. The molecule has 0 unspecified atom stereocenters. The predicted octanol–water partition coefficient (Wildman–Crippen LogP) is 9.23. The molecule has 1 aliphatic heterocycles. The van der Waals surface area contributed by atoms with Gasteiger partial charge < -0.3 is 39.4 Å². The minimum atomic E-state index is -0.0463. The molecule has 57 heavy (non-hydrogen) atoms. The molecule has 4 aromatic carbocycles. The molecule has 1 heterocycles. The number of carbonyl (C=O) groups excluding carboxylic acids is 1. The van der Waals surface area contributed by atoms with Gasteiger partial charge in [-0.25, -0.2) is 0 Å². The van der Waals surface area contributed by atoms with Gasteiger partial charge in [0.15, 0.2) is 0 Å². The number of terminal acetylenes is 1. The van der Waals surface area contributed by atoms with Crippen LogP contribution in [0.4, 0.5) is 0 Å². The molecule has 4 N–H and O–H groups in total. The lowest BCUT2D eigenvalue weighted by Gasteiger charge is -2.09. The van der Waals surface area contributed by atoms with Crippen molar-refractivity contribution in [2.75, 3.05) is 46.2 Å². The molecule has 9 nitrogen and oxygen atoms in total. The van der Waals surface area contributed by atoms with Crippen molar-refractivity contribution in [1.29, 1.82) is 0 Å².